The predicted molar refractivity (Wildman–Crippen MR) is 81.7 cm³/mol. The van der Waals surface area contributed by atoms with Crippen molar-refractivity contribution in [3.63, 3.8) is 0 Å². The van der Waals surface area contributed by atoms with Crippen molar-refractivity contribution in [2.45, 2.75) is 50.6 Å². The van der Waals surface area contributed by atoms with Crippen molar-refractivity contribution < 1.29 is 0 Å². The summed E-state index contributed by atoms with van der Waals surface area (Å²) >= 11 is 1.72. The number of nitrogen functional groups attached to an aromatic ring is 1. The molecule has 0 unspecified atom stereocenters. The lowest BCUT2D eigenvalue weighted by atomic mass is 10.2. The molecule has 0 atom stereocenters. The first-order valence-electron chi connectivity index (χ1n) is 6.61. The summed E-state index contributed by atoms with van der Waals surface area (Å²) in [5.41, 5.74) is 10.4. The number of nitrogens with two attached hydrogens (primary N) is 1. The van der Waals surface area contributed by atoms with Gasteiger partial charge in [-0.3, -0.25) is 4.68 Å². The normalized spacial score (nSPS) is 10.9. The van der Waals surface area contributed by atoms with Crippen LogP contribution in [0.1, 0.15) is 30.2 Å². The van der Waals surface area contributed by atoms with Crippen molar-refractivity contribution in [2.75, 3.05) is 5.73 Å². The minimum Gasteiger partial charge on any atom is -0.395 e. The summed E-state index contributed by atoms with van der Waals surface area (Å²) in [6.07, 6.45) is 1.06. The first kappa shape index (κ1) is 14.0. The first-order chi connectivity index (χ1) is 9.02. The second-order valence-electron chi connectivity index (χ2n) is 4.90. The minimum absolute atomic E-state index is 0.805. The number of nitrogens with zero attached hydrogens (tertiary/aromatic N) is 2. The van der Waals surface area contributed by atoms with E-state index in [2.05, 4.69) is 44.1 Å². The van der Waals surface area contributed by atoms with Crippen LogP contribution in [-0.2, 0) is 6.54 Å². The Bertz CT molecular complexity index is 587. The Hall–Kier alpha value is -1.42. The van der Waals surface area contributed by atoms with Crippen LogP contribution >= 0.6 is 11.8 Å². The molecule has 0 bridgehead atoms. The number of hydrogen-bond acceptors (Lipinski definition) is 3. The molecular weight excluding hydrogens is 254 g/mol. The molecule has 0 saturated heterocycles. The van der Waals surface area contributed by atoms with E-state index < -0.39 is 0 Å². The molecule has 0 radical (unpaired) electrons. The van der Waals surface area contributed by atoms with Gasteiger partial charge in [0.15, 0.2) is 0 Å². The Kier molecular flexibility index (Phi) is 4.20. The molecule has 4 heteroatoms. The van der Waals surface area contributed by atoms with Crippen LogP contribution in [0.2, 0.25) is 0 Å². The van der Waals surface area contributed by atoms with E-state index in [1.807, 2.05) is 11.6 Å². The molecule has 102 valence electrons. The van der Waals surface area contributed by atoms with Crippen LogP contribution < -0.4 is 5.73 Å². The van der Waals surface area contributed by atoms with Crippen LogP contribution in [0.15, 0.2) is 28.1 Å². The number of aromatic nitrogens is 2. The van der Waals surface area contributed by atoms with Crippen molar-refractivity contribution >= 4 is 17.4 Å². The summed E-state index contributed by atoms with van der Waals surface area (Å²) in [6.45, 7) is 9.27. The third kappa shape index (κ3) is 2.95. The third-order valence-electron chi connectivity index (χ3n) is 3.11. The summed E-state index contributed by atoms with van der Waals surface area (Å²) in [7, 11) is 0. The maximum atomic E-state index is 6.17. The van der Waals surface area contributed by atoms with Crippen molar-refractivity contribution in [2.24, 2.45) is 0 Å². The van der Waals surface area contributed by atoms with Crippen LogP contribution in [0.3, 0.4) is 0 Å². The van der Waals surface area contributed by atoms with E-state index in [0.29, 0.717) is 0 Å². The van der Waals surface area contributed by atoms with Gasteiger partial charge in [0, 0.05) is 11.4 Å². The second-order valence-corrected chi connectivity index (χ2v) is 5.93. The molecule has 2 N–H and O–H groups in total. The molecule has 0 amide bonds. The molecule has 1 aromatic carbocycles. The monoisotopic (exact) mass is 275 g/mol. The summed E-state index contributed by atoms with van der Waals surface area (Å²) in [6, 6.07) is 6.50. The fourth-order valence-corrected chi connectivity index (χ4v) is 3.14. The fraction of sp³-hybridized carbons (Fsp3) is 0.400. The van der Waals surface area contributed by atoms with Crippen molar-refractivity contribution in [3.8, 4) is 0 Å². The van der Waals surface area contributed by atoms with E-state index in [-0.39, 0.29) is 0 Å². The van der Waals surface area contributed by atoms with E-state index >= 15 is 0 Å². The zero-order chi connectivity index (χ0) is 14.0. The van der Waals surface area contributed by atoms with Gasteiger partial charge in [-0.25, -0.2) is 0 Å². The molecular formula is C15H21N3S. The van der Waals surface area contributed by atoms with Gasteiger partial charge >= 0.3 is 0 Å². The van der Waals surface area contributed by atoms with Crippen LogP contribution in [0.5, 0.6) is 0 Å². The van der Waals surface area contributed by atoms with Gasteiger partial charge < -0.3 is 5.73 Å². The summed E-state index contributed by atoms with van der Waals surface area (Å²) in [4.78, 5) is 1.25. The van der Waals surface area contributed by atoms with Crippen molar-refractivity contribution in [1.29, 1.82) is 0 Å². The lowest BCUT2D eigenvalue weighted by Gasteiger charge is -2.09. The van der Waals surface area contributed by atoms with Crippen LogP contribution in [-0.4, -0.2) is 9.78 Å². The van der Waals surface area contributed by atoms with Gasteiger partial charge in [-0.2, -0.15) is 5.10 Å². The Morgan fingerprint density at radius 3 is 2.68 bits per heavy atom. The molecule has 0 aliphatic carbocycles. The highest BCUT2D eigenvalue weighted by Gasteiger charge is 2.14. The number of benzene rings is 1. The van der Waals surface area contributed by atoms with Gasteiger partial charge in [0.1, 0.15) is 5.03 Å². The molecule has 0 aliphatic heterocycles. The maximum absolute atomic E-state index is 6.17. The summed E-state index contributed by atoms with van der Waals surface area (Å²) in [5, 5.41) is 5.58. The molecule has 0 aliphatic rings. The number of aryl methyl sites for hydroxylation is 4. The molecule has 1 aromatic heterocycles. The van der Waals surface area contributed by atoms with Crippen molar-refractivity contribution in [3.05, 3.63) is 35.0 Å². The number of hydrogen-bond donors (Lipinski definition) is 1. The standard InChI is InChI=1S/C15H21N3S/c1-5-8-18-15(14(16)12(4)17-18)19-13-9-10(2)6-7-11(13)3/h6-7,9H,5,8,16H2,1-4H3. The molecule has 0 fully saturated rings. The molecule has 19 heavy (non-hydrogen) atoms. The van der Waals surface area contributed by atoms with E-state index in [0.717, 1.165) is 29.4 Å². The van der Waals surface area contributed by atoms with Gasteiger partial charge in [0.2, 0.25) is 0 Å². The molecule has 2 rings (SSSR count). The number of anilines is 1. The van der Waals surface area contributed by atoms with Crippen LogP contribution in [0.25, 0.3) is 0 Å². The zero-order valence-electron chi connectivity index (χ0n) is 12.0. The second kappa shape index (κ2) is 5.70. The molecule has 2 aromatic rings. The smallest absolute Gasteiger partial charge is 0.122 e. The highest BCUT2D eigenvalue weighted by molar-refractivity contribution is 7.99. The summed E-state index contributed by atoms with van der Waals surface area (Å²) in [5.74, 6) is 0. The Balaban J connectivity index is 2.39. The average Bonchev–Trinajstić information content (AvgIpc) is 2.62. The van der Waals surface area contributed by atoms with Crippen LogP contribution in [0.4, 0.5) is 5.69 Å². The minimum atomic E-state index is 0.805. The van der Waals surface area contributed by atoms with Gasteiger partial charge in [-0.05, 0) is 44.4 Å². The highest BCUT2D eigenvalue weighted by atomic mass is 32.2. The Morgan fingerprint density at radius 2 is 2.00 bits per heavy atom. The van der Waals surface area contributed by atoms with E-state index in [4.69, 9.17) is 5.73 Å². The van der Waals surface area contributed by atoms with E-state index in [1.165, 1.54) is 16.0 Å². The van der Waals surface area contributed by atoms with Gasteiger partial charge in [-0.1, -0.05) is 30.8 Å². The van der Waals surface area contributed by atoms with E-state index in [9.17, 15) is 0 Å². The van der Waals surface area contributed by atoms with Gasteiger partial charge in [0.05, 0.1) is 11.4 Å². The fourth-order valence-electron chi connectivity index (χ4n) is 1.97. The number of rotatable bonds is 4. The SMILES string of the molecule is CCCn1nc(C)c(N)c1Sc1cc(C)ccc1C. The zero-order valence-corrected chi connectivity index (χ0v) is 12.8. The molecule has 1 heterocycles. The Labute approximate surface area is 119 Å². The lowest BCUT2D eigenvalue weighted by molar-refractivity contribution is 0.556. The largest absolute Gasteiger partial charge is 0.395 e. The Morgan fingerprint density at radius 1 is 1.26 bits per heavy atom. The van der Waals surface area contributed by atoms with Crippen LogP contribution in [0, 0.1) is 20.8 Å². The average molecular weight is 275 g/mol. The van der Waals surface area contributed by atoms with Crippen molar-refractivity contribution in [1.82, 2.24) is 9.78 Å². The maximum Gasteiger partial charge on any atom is 0.122 e. The molecule has 0 saturated carbocycles. The summed E-state index contributed by atoms with van der Waals surface area (Å²) < 4.78 is 2.02. The molecule has 0 spiro atoms. The third-order valence-corrected chi connectivity index (χ3v) is 4.39. The highest BCUT2D eigenvalue weighted by Crippen LogP contribution is 2.36. The predicted octanol–water partition coefficient (Wildman–Crippen LogP) is 3.95. The van der Waals surface area contributed by atoms with E-state index in [1.54, 1.807) is 11.8 Å². The first-order valence-corrected chi connectivity index (χ1v) is 7.42. The topological polar surface area (TPSA) is 43.8 Å². The van der Waals surface area contributed by atoms with Gasteiger partial charge in [-0.15, -0.1) is 0 Å². The quantitative estimate of drug-likeness (QED) is 0.918. The lowest BCUT2D eigenvalue weighted by Crippen LogP contribution is -2.01. The molecule has 3 nitrogen and oxygen atoms in total. The van der Waals surface area contributed by atoms with Gasteiger partial charge in [0.25, 0.3) is 0 Å².